The van der Waals surface area contributed by atoms with E-state index in [2.05, 4.69) is 57.3 Å². The van der Waals surface area contributed by atoms with E-state index in [0.29, 0.717) is 0 Å². The van der Waals surface area contributed by atoms with Crippen LogP contribution in [0.15, 0.2) is 29.6 Å². The van der Waals surface area contributed by atoms with Crippen molar-refractivity contribution in [1.29, 1.82) is 0 Å². The van der Waals surface area contributed by atoms with Gasteiger partial charge >= 0.3 is 0 Å². The minimum absolute atomic E-state index is 0.184. The smallest absolute Gasteiger partial charge is 0.116 e. The first-order valence-electron chi connectivity index (χ1n) is 9.19. The third-order valence-corrected chi connectivity index (χ3v) is 7.44. The fourth-order valence-electron chi connectivity index (χ4n) is 4.69. The minimum atomic E-state index is -0.805. The Morgan fingerprint density at radius 3 is 2.33 bits per heavy atom. The number of benzene rings is 1. The summed E-state index contributed by atoms with van der Waals surface area (Å²) in [5.41, 5.74) is 4.74. The van der Waals surface area contributed by atoms with Gasteiger partial charge in [-0.05, 0) is 71.1 Å². The van der Waals surface area contributed by atoms with E-state index in [-0.39, 0.29) is 10.8 Å². The molecular formula is C22H28OS. The molecule has 128 valence electrons. The molecule has 1 N–H and O–H groups in total. The predicted molar refractivity (Wildman–Crippen MR) is 102 cm³/mol. The molecule has 0 saturated heterocycles. The second-order valence-corrected chi connectivity index (χ2v) is 10.0. The molecule has 0 fully saturated rings. The Morgan fingerprint density at radius 2 is 1.58 bits per heavy atom. The van der Waals surface area contributed by atoms with Crippen molar-refractivity contribution in [3.8, 4) is 0 Å². The quantitative estimate of drug-likeness (QED) is 0.709. The van der Waals surface area contributed by atoms with E-state index >= 15 is 0 Å². The van der Waals surface area contributed by atoms with Crippen LogP contribution in [0.1, 0.15) is 80.5 Å². The zero-order chi connectivity index (χ0) is 17.2. The molecule has 0 radical (unpaired) electrons. The van der Waals surface area contributed by atoms with Gasteiger partial charge in [-0.25, -0.2) is 0 Å². The Hall–Kier alpha value is -1.12. The lowest BCUT2D eigenvalue weighted by atomic mass is 9.62. The Balaban J connectivity index is 1.88. The topological polar surface area (TPSA) is 20.2 Å². The summed E-state index contributed by atoms with van der Waals surface area (Å²) < 4.78 is 0. The molecule has 2 heteroatoms. The van der Waals surface area contributed by atoms with Crippen LogP contribution in [0, 0.1) is 0 Å². The van der Waals surface area contributed by atoms with Crippen LogP contribution in [0.2, 0.25) is 0 Å². The molecule has 0 amide bonds. The standard InChI is InChI=1S/C22H28OS/c1-20(2)11-12-21(3,4)18-14-15(7-8-16(18)20)22(23)10-5-6-19-17(22)9-13-24-19/h7-9,13-14,23H,5-6,10-12H2,1-4H3. The summed E-state index contributed by atoms with van der Waals surface area (Å²) in [5, 5.41) is 13.7. The molecule has 1 aromatic heterocycles. The van der Waals surface area contributed by atoms with E-state index in [9.17, 15) is 5.11 Å². The SMILES string of the molecule is CC1(C)CCC(C)(C)c2cc(C3(O)CCCc4sccc43)ccc21. The Kier molecular flexibility index (Phi) is 3.54. The van der Waals surface area contributed by atoms with E-state index in [0.717, 1.165) is 30.4 Å². The summed E-state index contributed by atoms with van der Waals surface area (Å²) in [6, 6.07) is 8.94. The predicted octanol–water partition coefficient (Wildman–Crippen LogP) is 5.67. The number of thiophene rings is 1. The summed E-state index contributed by atoms with van der Waals surface area (Å²) in [4.78, 5) is 1.36. The number of hydrogen-bond acceptors (Lipinski definition) is 2. The normalized spacial score (nSPS) is 27.4. The fraction of sp³-hybridized carbons (Fsp3) is 0.545. The van der Waals surface area contributed by atoms with Gasteiger partial charge in [-0.2, -0.15) is 0 Å². The van der Waals surface area contributed by atoms with Crippen LogP contribution in [-0.2, 0) is 22.9 Å². The zero-order valence-corrected chi connectivity index (χ0v) is 16.1. The highest BCUT2D eigenvalue weighted by atomic mass is 32.1. The average molecular weight is 341 g/mol. The van der Waals surface area contributed by atoms with Gasteiger partial charge < -0.3 is 5.11 Å². The highest BCUT2D eigenvalue weighted by Gasteiger charge is 2.41. The molecule has 4 rings (SSSR count). The summed E-state index contributed by atoms with van der Waals surface area (Å²) in [7, 11) is 0. The van der Waals surface area contributed by atoms with Crippen LogP contribution in [0.25, 0.3) is 0 Å². The number of aliphatic hydroxyl groups is 1. The van der Waals surface area contributed by atoms with Crippen LogP contribution < -0.4 is 0 Å². The Bertz CT molecular complexity index is 783. The van der Waals surface area contributed by atoms with Gasteiger partial charge in [-0.1, -0.05) is 45.9 Å². The first-order chi connectivity index (χ1) is 11.2. The van der Waals surface area contributed by atoms with E-state index in [4.69, 9.17) is 0 Å². The van der Waals surface area contributed by atoms with Crippen molar-refractivity contribution in [3.63, 3.8) is 0 Å². The second kappa shape index (κ2) is 5.19. The molecule has 2 aliphatic carbocycles. The molecular weight excluding hydrogens is 312 g/mol. The second-order valence-electron chi connectivity index (χ2n) is 9.00. The van der Waals surface area contributed by atoms with Gasteiger partial charge in [0.15, 0.2) is 0 Å². The van der Waals surface area contributed by atoms with Gasteiger partial charge in [-0.3, -0.25) is 0 Å². The van der Waals surface area contributed by atoms with E-state index in [1.54, 1.807) is 11.3 Å². The van der Waals surface area contributed by atoms with E-state index in [1.165, 1.54) is 28.8 Å². The molecule has 0 bridgehead atoms. The maximum atomic E-state index is 11.6. The molecule has 1 atom stereocenters. The van der Waals surface area contributed by atoms with Crippen molar-refractivity contribution in [2.75, 3.05) is 0 Å². The van der Waals surface area contributed by atoms with Crippen LogP contribution in [0.5, 0.6) is 0 Å². The Morgan fingerprint density at radius 1 is 0.875 bits per heavy atom. The van der Waals surface area contributed by atoms with Crippen molar-refractivity contribution in [3.05, 3.63) is 56.8 Å². The lowest BCUT2D eigenvalue weighted by Gasteiger charge is -2.43. The molecule has 2 aromatic rings. The first kappa shape index (κ1) is 16.4. The van der Waals surface area contributed by atoms with Crippen LogP contribution in [0.3, 0.4) is 0 Å². The van der Waals surface area contributed by atoms with Crippen molar-refractivity contribution in [1.82, 2.24) is 0 Å². The highest BCUT2D eigenvalue weighted by Crippen LogP contribution is 2.49. The first-order valence-corrected chi connectivity index (χ1v) is 10.1. The maximum Gasteiger partial charge on any atom is 0.116 e. The number of fused-ring (bicyclic) bond motifs is 2. The molecule has 1 heterocycles. The third-order valence-electron chi connectivity index (χ3n) is 6.46. The van der Waals surface area contributed by atoms with E-state index in [1.807, 2.05) is 0 Å². The monoisotopic (exact) mass is 340 g/mol. The molecule has 24 heavy (non-hydrogen) atoms. The van der Waals surface area contributed by atoms with Crippen molar-refractivity contribution >= 4 is 11.3 Å². The largest absolute Gasteiger partial charge is 0.380 e. The summed E-state index contributed by atoms with van der Waals surface area (Å²) in [6.07, 6.45) is 5.44. The van der Waals surface area contributed by atoms with Crippen molar-refractivity contribution < 1.29 is 5.11 Å². The van der Waals surface area contributed by atoms with E-state index < -0.39 is 5.60 Å². The number of aryl methyl sites for hydroxylation is 1. The molecule has 2 aliphatic rings. The summed E-state index contributed by atoms with van der Waals surface area (Å²) in [5.74, 6) is 0. The van der Waals surface area contributed by atoms with Crippen molar-refractivity contribution in [2.45, 2.75) is 76.2 Å². The number of hydrogen-bond donors (Lipinski definition) is 1. The zero-order valence-electron chi connectivity index (χ0n) is 15.3. The molecule has 1 unspecified atom stereocenters. The van der Waals surface area contributed by atoms with Gasteiger partial charge in [0, 0.05) is 10.4 Å². The average Bonchev–Trinajstić information content (AvgIpc) is 3.02. The molecule has 0 spiro atoms. The third kappa shape index (κ3) is 2.30. The molecule has 0 saturated carbocycles. The molecule has 1 aromatic carbocycles. The number of rotatable bonds is 1. The lowest BCUT2D eigenvalue weighted by Crippen LogP contribution is -2.36. The summed E-state index contributed by atoms with van der Waals surface area (Å²) >= 11 is 1.79. The van der Waals surface area contributed by atoms with Crippen LogP contribution >= 0.6 is 11.3 Å². The summed E-state index contributed by atoms with van der Waals surface area (Å²) in [6.45, 7) is 9.41. The lowest BCUT2D eigenvalue weighted by molar-refractivity contribution is 0.0622. The highest BCUT2D eigenvalue weighted by molar-refractivity contribution is 7.10. The van der Waals surface area contributed by atoms with Gasteiger partial charge in [-0.15, -0.1) is 11.3 Å². The van der Waals surface area contributed by atoms with Gasteiger partial charge in [0.1, 0.15) is 5.60 Å². The van der Waals surface area contributed by atoms with Crippen LogP contribution in [0.4, 0.5) is 0 Å². The van der Waals surface area contributed by atoms with Gasteiger partial charge in [0.2, 0.25) is 0 Å². The minimum Gasteiger partial charge on any atom is -0.380 e. The van der Waals surface area contributed by atoms with Gasteiger partial charge in [0.25, 0.3) is 0 Å². The van der Waals surface area contributed by atoms with Gasteiger partial charge in [0.05, 0.1) is 0 Å². The Labute approximate surface area is 149 Å². The maximum absolute atomic E-state index is 11.6. The van der Waals surface area contributed by atoms with Crippen molar-refractivity contribution in [2.24, 2.45) is 0 Å². The van der Waals surface area contributed by atoms with Crippen LogP contribution in [-0.4, -0.2) is 5.11 Å². The molecule has 0 aliphatic heterocycles. The fourth-order valence-corrected chi connectivity index (χ4v) is 5.68. The molecule has 1 nitrogen and oxygen atoms in total.